The Balaban J connectivity index is 1.84. The Labute approximate surface area is 309 Å². The summed E-state index contributed by atoms with van der Waals surface area (Å²) in [5, 5.41) is 0. The summed E-state index contributed by atoms with van der Waals surface area (Å²) in [6, 6.07) is -8.99. The van der Waals surface area contributed by atoms with Gasteiger partial charge in [0.05, 0.1) is 22.4 Å². The Morgan fingerprint density at radius 3 is 0.643 bits per heavy atom. The van der Waals surface area contributed by atoms with Crippen LogP contribution in [0.4, 0.5) is 0 Å². The van der Waals surface area contributed by atoms with Crippen LogP contribution in [0.3, 0.4) is 0 Å². The molecule has 4 aliphatic rings. The molecule has 0 aromatic carbocycles. The number of ether oxygens (including phenoxy) is 4. The number of rotatable bonds is 20. The first kappa shape index (κ1) is 40.6. The van der Waals surface area contributed by atoms with Gasteiger partial charge in [-0.3, -0.25) is 0 Å². The molecule has 4 rings (SSSR count). The van der Waals surface area contributed by atoms with Gasteiger partial charge in [0.25, 0.3) is 0 Å². The Morgan fingerprint density at radius 1 is 0.333 bits per heavy atom. The van der Waals surface area contributed by atoms with Gasteiger partial charge in [-0.1, -0.05) is 0 Å². The van der Waals surface area contributed by atoms with Crippen molar-refractivity contribution in [2.24, 2.45) is 0 Å². The molecule has 4 saturated carbocycles. The number of hydrogen-bond acceptors (Lipinski definition) is 4. The molecule has 0 aromatic rings. The van der Waals surface area contributed by atoms with Gasteiger partial charge in [0.1, 0.15) is 0 Å². The second-order valence-corrected chi connectivity index (χ2v) is 49.2. The van der Waals surface area contributed by atoms with E-state index in [1.807, 2.05) is 0 Å². The van der Waals surface area contributed by atoms with Crippen molar-refractivity contribution in [1.82, 2.24) is 0 Å². The Hall–Kier alpha value is 4.19. The third-order valence-corrected chi connectivity index (χ3v) is 18.4. The first-order valence-corrected chi connectivity index (χ1v) is 34.9. The zero-order chi connectivity index (χ0) is 31.6. The van der Waals surface area contributed by atoms with Crippen LogP contribution in [-0.2, 0) is 18.9 Å². The first-order chi connectivity index (χ1) is 19.1. The molecule has 0 N–H and O–H groups in total. The summed E-state index contributed by atoms with van der Waals surface area (Å²) in [5.41, 5.74) is -2.16. The Bertz CT molecular complexity index is 708. The SMILES string of the molecule is Cl[Si](Cl)(Cl)CCCOC12CC3(OCCC[Si](Cl)(Cl)Cl)CC(OCCC[Si](Cl)(Cl)Cl)(C1)CC(OCCC[Si](Cl)(Cl)Cl)(C2)C3. The van der Waals surface area contributed by atoms with Crippen LogP contribution in [-0.4, -0.2) is 72.8 Å². The van der Waals surface area contributed by atoms with E-state index in [4.69, 9.17) is 152 Å². The molecule has 248 valence electrons. The molecule has 4 bridgehead atoms. The summed E-state index contributed by atoms with van der Waals surface area (Å²) in [6.07, 6.45) is 6.81. The lowest BCUT2D eigenvalue weighted by Crippen LogP contribution is -2.74. The lowest BCUT2D eigenvalue weighted by Gasteiger charge is -2.68. The van der Waals surface area contributed by atoms with E-state index < -0.39 is 46.4 Å². The molecule has 0 spiro atoms. The average Bonchev–Trinajstić information content (AvgIpc) is 2.77. The topological polar surface area (TPSA) is 36.9 Å². The van der Waals surface area contributed by atoms with Gasteiger partial charge in [-0.2, -0.15) is 0 Å². The fraction of sp³-hybridized carbons (Fsp3) is 1.00. The van der Waals surface area contributed by atoms with Crippen molar-refractivity contribution < 1.29 is 18.9 Å². The van der Waals surface area contributed by atoms with Crippen LogP contribution in [0.1, 0.15) is 64.2 Å². The third kappa shape index (κ3) is 14.2. The first-order valence-electron chi connectivity index (χ1n) is 13.9. The third-order valence-electron chi connectivity index (χ3n) is 7.92. The molecule has 0 aliphatic heterocycles. The molecule has 4 fully saturated rings. The molecule has 4 nitrogen and oxygen atoms in total. The highest BCUT2D eigenvalue weighted by molar-refractivity contribution is 7.66. The van der Waals surface area contributed by atoms with Gasteiger partial charge in [0.2, 0.25) is 0 Å². The monoisotopic (exact) mass is 896 g/mol. The van der Waals surface area contributed by atoms with E-state index in [1.54, 1.807) is 0 Å². The summed E-state index contributed by atoms with van der Waals surface area (Å²) in [4.78, 5) is 0. The highest BCUT2D eigenvalue weighted by atomic mass is 35.9. The minimum atomic E-state index is -2.76. The fourth-order valence-electron chi connectivity index (χ4n) is 7.13. The maximum atomic E-state index is 6.73. The van der Waals surface area contributed by atoms with E-state index in [0.717, 1.165) is 0 Å². The highest BCUT2D eigenvalue weighted by Crippen LogP contribution is 2.65. The maximum absolute atomic E-state index is 6.73. The van der Waals surface area contributed by atoms with Crippen molar-refractivity contribution in [2.75, 3.05) is 26.4 Å². The van der Waals surface area contributed by atoms with Crippen LogP contribution < -0.4 is 0 Å². The smallest absolute Gasteiger partial charge is 0.341 e. The number of hydrogen-bond donors (Lipinski definition) is 0. The Kier molecular flexibility index (Phi) is 15.5. The van der Waals surface area contributed by atoms with Crippen LogP contribution >= 0.6 is 133 Å². The van der Waals surface area contributed by atoms with Crippen molar-refractivity contribution >= 4 is 157 Å². The predicted molar refractivity (Wildman–Crippen MR) is 193 cm³/mol. The van der Waals surface area contributed by atoms with Crippen LogP contribution in [0.2, 0.25) is 24.2 Å². The highest BCUT2D eigenvalue weighted by Gasteiger charge is 2.71. The summed E-state index contributed by atoms with van der Waals surface area (Å²) in [6.45, 7) is 1.83. The number of halogens is 12. The quantitative estimate of drug-likeness (QED) is 0.0693. The van der Waals surface area contributed by atoms with Gasteiger partial charge < -0.3 is 18.9 Å². The minimum Gasteiger partial charge on any atom is -0.375 e. The van der Waals surface area contributed by atoms with Gasteiger partial charge >= 0.3 is 24.0 Å². The molecule has 20 heteroatoms. The molecule has 42 heavy (non-hydrogen) atoms. The Morgan fingerprint density at radius 2 is 0.500 bits per heavy atom. The van der Waals surface area contributed by atoms with Crippen molar-refractivity contribution in [2.45, 2.75) is 111 Å². The van der Waals surface area contributed by atoms with E-state index in [0.29, 0.717) is 115 Å². The van der Waals surface area contributed by atoms with Crippen molar-refractivity contribution in [1.29, 1.82) is 0 Å². The van der Waals surface area contributed by atoms with E-state index in [9.17, 15) is 0 Å². The molecule has 0 saturated heterocycles. The van der Waals surface area contributed by atoms with Gasteiger partial charge in [-0.25, -0.2) is 0 Å². The average molecular weight is 902 g/mol. The van der Waals surface area contributed by atoms with Gasteiger partial charge in [-0.15, -0.1) is 133 Å². The van der Waals surface area contributed by atoms with E-state index >= 15 is 0 Å². The van der Waals surface area contributed by atoms with Gasteiger partial charge in [-0.05, 0) is 49.9 Å². The molecular formula is C22H36Cl12O4Si4. The van der Waals surface area contributed by atoms with Gasteiger partial charge in [0, 0.05) is 65.0 Å². The van der Waals surface area contributed by atoms with Crippen molar-refractivity contribution in [3.8, 4) is 0 Å². The van der Waals surface area contributed by atoms with Crippen molar-refractivity contribution in [3.63, 3.8) is 0 Å². The van der Waals surface area contributed by atoms with E-state index in [-0.39, 0.29) is 0 Å². The molecular weight excluding hydrogens is 866 g/mol. The second kappa shape index (κ2) is 16.0. The summed E-state index contributed by atoms with van der Waals surface area (Å²) in [5.74, 6) is 0. The van der Waals surface area contributed by atoms with Crippen LogP contribution in [0.25, 0.3) is 0 Å². The zero-order valence-electron chi connectivity index (χ0n) is 22.9. The van der Waals surface area contributed by atoms with E-state index in [1.165, 1.54) is 0 Å². The van der Waals surface area contributed by atoms with Gasteiger partial charge in [0.15, 0.2) is 0 Å². The normalized spacial score (nSPS) is 31.7. The maximum Gasteiger partial charge on any atom is 0.341 e. The zero-order valence-corrected chi connectivity index (χ0v) is 36.0. The standard InChI is InChI=1S/C22H36Cl12O4Si4/c23-39(24,25)9-1-5-35-19-13-20(36-6-2-10-40(26,27)28)16-21(14-19,37-7-3-11-41(29,30)31)18-22(15-19,17-20)38-8-4-12-42(32,33)34/h1-18H2. The molecule has 0 atom stereocenters. The molecule has 0 radical (unpaired) electrons. The molecule has 0 heterocycles. The van der Waals surface area contributed by atoms with Crippen LogP contribution in [0, 0.1) is 0 Å². The fourth-order valence-corrected chi connectivity index (χ4v) is 14.1. The summed E-state index contributed by atoms with van der Waals surface area (Å²) in [7, 11) is 0. The lowest BCUT2D eigenvalue weighted by molar-refractivity contribution is -0.334. The summed E-state index contributed by atoms with van der Waals surface area (Å²) < 4.78 is 26.9. The predicted octanol–water partition coefficient (Wildman–Crippen LogP) is 11.6. The van der Waals surface area contributed by atoms with Crippen LogP contribution in [0.15, 0.2) is 0 Å². The molecule has 4 aliphatic carbocycles. The minimum absolute atomic E-state index is 0.458. The summed E-state index contributed by atoms with van der Waals surface area (Å²) >= 11 is 73.7. The van der Waals surface area contributed by atoms with E-state index in [2.05, 4.69) is 0 Å². The van der Waals surface area contributed by atoms with Crippen molar-refractivity contribution in [3.05, 3.63) is 0 Å². The largest absolute Gasteiger partial charge is 0.375 e. The molecule has 0 aromatic heterocycles. The lowest BCUT2D eigenvalue weighted by atomic mass is 9.48. The second-order valence-electron chi connectivity index (χ2n) is 12.1. The molecule has 0 amide bonds. The molecule has 0 unspecified atom stereocenters. The van der Waals surface area contributed by atoms with Crippen LogP contribution in [0.5, 0.6) is 0 Å².